The van der Waals surface area contributed by atoms with Crippen molar-refractivity contribution in [2.24, 2.45) is 0 Å². The number of halogens is 1. The van der Waals surface area contributed by atoms with Gasteiger partial charge in [-0.2, -0.15) is 0 Å². The van der Waals surface area contributed by atoms with E-state index in [1.54, 1.807) is 6.26 Å². The van der Waals surface area contributed by atoms with Crippen molar-refractivity contribution >= 4 is 15.9 Å². The molecule has 0 N–H and O–H groups in total. The van der Waals surface area contributed by atoms with E-state index in [2.05, 4.69) is 40.1 Å². The maximum atomic E-state index is 4.78. The average Bonchev–Trinajstić information content (AvgIpc) is 2.56. The first-order valence-corrected chi connectivity index (χ1v) is 4.73. The van der Waals surface area contributed by atoms with Crippen molar-refractivity contribution in [1.82, 2.24) is 5.16 Å². The summed E-state index contributed by atoms with van der Waals surface area (Å²) in [6.45, 7) is 2.05. The van der Waals surface area contributed by atoms with E-state index >= 15 is 0 Å². The standard InChI is InChI=1S/C10H8BrNO/c1-7-2-3-8(9(11)6-7)10-4-5-13-12-10/h2-6H,1H3. The van der Waals surface area contributed by atoms with Crippen molar-refractivity contribution in [3.05, 3.63) is 40.6 Å². The van der Waals surface area contributed by atoms with Crippen LogP contribution in [0.1, 0.15) is 5.56 Å². The number of aryl methyl sites for hydroxylation is 1. The number of rotatable bonds is 1. The van der Waals surface area contributed by atoms with Crippen LogP contribution in [0, 0.1) is 6.92 Å². The van der Waals surface area contributed by atoms with Gasteiger partial charge in [-0.1, -0.05) is 33.2 Å². The number of benzene rings is 1. The van der Waals surface area contributed by atoms with E-state index in [0.717, 1.165) is 15.7 Å². The Hall–Kier alpha value is -1.09. The van der Waals surface area contributed by atoms with Crippen LogP contribution >= 0.6 is 15.9 Å². The summed E-state index contributed by atoms with van der Waals surface area (Å²) in [7, 11) is 0. The van der Waals surface area contributed by atoms with Crippen LogP contribution in [0.2, 0.25) is 0 Å². The van der Waals surface area contributed by atoms with Crippen molar-refractivity contribution < 1.29 is 4.52 Å². The molecule has 0 radical (unpaired) electrons. The third kappa shape index (κ3) is 1.65. The monoisotopic (exact) mass is 237 g/mol. The zero-order valence-corrected chi connectivity index (χ0v) is 8.71. The fourth-order valence-electron chi connectivity index (χ4n) is 1.18. The summed E-state index contributed by atoms with van der Waals surface area (Å²) in [6.07, 6.45) is 1.57. The first kappa shape index (κ1) is 8.51. The molecule has 13 heavy (non-hydrogen) atoms. The normalized spacial score (nSPS) is 10.3. The predicted molar refractivity (Wildman–Crippen MR) is 54.4 cm³/mol. The van der Waals surface area contributed by atoms with Crippen LogP contribution in [0.3, 0.4) is 0 Å². The lowest BCUT2D eigenvalue weighted by molar-refractivity contribution is 0.422. The number of hydrogen-bond acceptors (Lipinski definition) is 2. The SMILES string of the molecule is Cc1ccc(-c2ccon2)c(Br)c1. The maximum Gasteiger partial charge on any atom is 0.124 e. The Bertz CT molecular complexity index is 409. The lowest BCUT2D eigenvalue weighted by Crippen LogP contribution is -1.80. The quantitative estimate of drug-likeness (QED) is 0.760. The van der Waals surface area contributed by atoms with E-state index in [1.165, 1.54) is 5.56 Å². The molecule has 3 heteroatoms. The second-order valence-corrected chi connectivity index (χ2v) is 3.72. The van der Waals surface area contributed by atoms with E-state index in [-0.39, 0.29) is 0 Å². The molecule has 2 rings (SSSR count). The second kappa shape index (κ2) is 3.34. The molecule has 0 fully saturated rings. The topological polar surface area (TPSA) is 26.0 Å². The molecule has 0 spiro atoms. The average molecular weight is 238 g/mol. The molecule has 0 bridgehead atoms. The zero-order valence-electron chi connectivity index (χ0n) is 7.12. The Morgan fingerprint density at radius 2 is 2.15 bits per heavy atom. The highest BCUT2D eigenvalue weighted by Crippen LogP contribution is 2.27. The molecule has 0 aliphatic carbocycles. The van der Waals surface area contributed by atoms with Gasteiger partial charge in [0.1, 0.15) is 12.0 Å². The van der Waals surface area contributed by atoms with Crippen molar-refractivity contribution in [3.63, 3.8) is 0 Å². The van der Waals surface area contributed by atoms with Crippen molar-refractivity contribution in [2.75, 3.05) is 0 Å². The molecule has 0 aliphatic heterocycles. The van der Waals surface area contributed by atoms with Gasteiger partial charge in [0.25, 0.3) is 0 Å². The molecule has 1 heterocycles. The minimum absolute atomic E-state index is 0.854. The van der Waals surface area contributed by atoms with Crippen molar-refractivity contribution in [2.45, 2.75) is 6.92 Å². The highest BCUT2D eigenvalue weighted by Gasteiger charge is 2.04. The first-order chi connectivity index (χ1) is 6.27. The Labute approximate surface area is 84.7 Å². The van der Waals surface area contributed by atoms with Gasteiger partial charge in [0.2, 0.25) is 0 Å². The maximum absolute atomic E-state index is 4.78. The molecule has 1 aromatic heterocycles. The highest BCUT2D eigenvalue weighted by molar-refractivity contribution is 9.10. The summed E-state index contributed by atoms with van der Waals surface area (Å²) in [6, 6.07) is 7.98. The van der Waals surface area contributed by atoms with Crippen LogP contribution in [-0.4, -0.2) is 5.16 Å². The lowest BCUT2D eigenvalue weighted by Gasteiger charge is -2.00. The lowest BCUT2D eigenvalue weighted by atomic mass is 10.1. The molecule has 0 amide bonds. The Morgan fingerprint density at radius 3 is 2.77 bits per heavy atom. The van der Waals surface area contributed by atoms with Gasteiger partial charge in [-0.25, -0.2) is 0 Å². The van der Waals surface area contributed by atoms with Gasteiger partial charge < -0.3 is 4.52 Å². The smallest absolute Gasteiger partial charge is 0.124 e. The van der Waals surface area contributed by atoms with Gasteiger partial charge in [0, 0.05) is 16.1 Å². The van der Waals surface area contributed by atoms with Crippen LogP contribution in [0.4, 0.5) is 0 Å². The van der Waals surface area contributed by atoms with Gasteiger partial charge in [0.05, 0.1) is 0 Å². The summed E-state index contributed by atoms with van der Waals surface area (Å²) < 4.78 is 5.83. The van der Waals surface area contributed by atoms with Gasteiger partial charge in [-0.3, -0.25) is 0 Å². The zero-order chi connectivity index (χ0) is 9.26. The molecule has 0 aliphatic rings. The van der Waals surface area contributed by atoms with Crippen LogP contribution in [0.5, 0.6) is 0 Å². The Morgan fingerprint density at radius 1 is 1.31 bits per heavy atom. The summed E-state index contributed by atoms with van der Waals surface area (Å²) in [5.74, 6) is 0. The third-order valence-corrected chi connectivity index (χ3v) is 2.49. The van der Waals surface area contributed by atoms with Crippen LogP contribution in [-0.2, 0) is 0 Å². The van der Waals surface area contributed by atoms with E-state index in [1.807, 2.05) is 12.1 Å². The van der Waals surface area contributed by atoms with E-state index in [9.17, 15) is 0 Å². The molecule has 0 saturated heterocycles. The van der Waals surface area contributed by atoms with Crippen molar-refractivity contribution in [1.29, 1.82) is 0 Å². The van der Waals surface area contributed by atoms with Crippen LogP contribution < -0.4 is 0 Å². The number of aromatic nitrogens is 1. The third-order valence-electron chi connectivity index (χ3n) is 1.84. The summed E-state index contributed by atoms with van der Waals surface area (Å²) in [5.41, 5.74) is 3.13. The molecular weight excluding hydrogens is 230 g/mol. The van der Waals surface area contributed by atoms with Gasteiger partial charge >= 0.3 is 0 Å². The van der Waals surface area contributed by atoms with Gasteiger partial charge in [0.15, 0.2) is 0 Å². The molecule has 66 valence electrons. The first-order valence-electron chi connectivity index (χ1n) is 3.94. The molecule has 0 unspecified atom stereocenters. The van der Waals surface area contributed by atoms with Crippen molar-refractivity contribution in [3.8, 4) is 11.3 Å². The summed E-state index contributed by atoms with van der Waals surface area (Å²) in [4.78, 5) is 0. The number of hydrogen-bond donors (Lipinski definition) is 0. The Kier molecular flexibility index (Phi) is 2.19. The fraction of sp³-hybridized carbons (Fsp3) is 0.100. The van der Waals surface area contributed by atoms with Gasteiger partial charge in [-0.05, 0) is 18.6 Å². The van der Waals surface area contributed by atoms with Crippen LogP contribution in [0.15, 0.2) is 39.5 Å². The highest BCUT2D eigenvalue weighted by atomic mass is 79.9. The largest absolute Gasteiger partial charge is 0.364 e. The number of nitrogens with zero attached hydrogens (tertiary/aromatic N) is 1. The predicted octanol–water partition coefficient (Wildman–Crippen LogP) is 3.41. The summed E-state index contributed by atoms with van der Waals surface area (Å²) in [5, 5.41) is 3.87. The molecule has 0 saturated carbocycles. The summed E-state index contributed by atoms with van der Waals surface area (Å²) >= 11 is 3.49. The minimum atomic E-state index is 0.854. The Balaban J connectivity index is 2.53. The van der Waals surface area contributed by atoms with Gasteiger partial charge in [-0.15, -0.1) is 0 Å². The molecular formula is C10H8BrNO. The van der Waals surface area contributed by atoms with E-state index < -0.39 is 0 Å². The fourth-order valence-corrected chi connectivity index (χ4v) is 1.88. The molecule has 2 nitrogen and oxygen atoms in total. The second-order valence-electron chi connectivity index (χ2n) is 2.87. The van der Waals surface area contributed by atoms with Crippen LogP contribution in [0.25, 0.3) is 11.3 Å². The minimum Gasteiger partial charge on any atom is -0.364 e. The van der Waals surface area contributed by atoms with E-state index in [0.29, 0.717) is 0 Å². The molecule has 2 aromatic rings. The molecule has 1 aromatic carbocycles. The molecule has 0 atom stereocenters. The van der Waals surface area contributed by atoms with E-state index in [4.69, 9.17) is 4.52 Å².